The zero-order valence-corrected chi connectivity index (χ0v) is 11.7. The van der Waals surface area contributed by atoms with E-state index in [1.54, 1.807) is 4.90 Å². The second-order valence-electron chi connectivity index (χ2n) is 6.45. The molecule has 0 aromatic heterocycles. The van der Waals surface area contributed by atoms with E-state index < -0.39 is 17.2 Å². The summed E-state index contributed by atoms with van der Waals surface area (Å²) < 4.78 is 18.6. The molecule has 1 saturated heterocycles. The van der Waals surface area contributed by atoms with Crippen molar-refractivity contribution < 1.29 is 18.7 Å². The number of piperidine rings is 1. The third-order valence-corrected chi connectivity index (χ3v) is 3.86. The van der Waals surface area contributed by atoms with Crippen LogP contribution in [-0.4, -0.2) is 41.6 Å². The number of nitrogens with zero attached hydrogens (tertiary/aromatic N) is 1. The number of alkyl halides is 1. The number of carbonyl (C=O) groups excluding carboxylic acids is 2. The van der Waals surface area contributed by atoms with Gasteiger partial charge in [0.1, 0.15) is 18.4 Å². The molecular weight excluding hydrogens is 249 g/mol. The van der Waals surface area contributed by atoms with E-state index in [9.17, 15) is 14.0 Å². The third-order valence-electron chi connectivity index (χ3n) is 3.86. The highest BCUT2D eigenvalue weighted by atomic mass is 19.1. The number of ether oxygens (including phenoxy) is 1. The molecule has 1 aliphatic heterocycles. The number of hydrogen-bond acceptors (Lipinski definition) is 3. The minimum absolute atomic E-state index is 0.309. The van der Waals surface area contributed by atoms with Crippen LogP contribution in [0.5, 0.6) is 0 Å². The first kappa shape index (κ1) is 14.2. The molecule has 2 fully saturated rings. The zero-order valence-electron chi connectivity index (χ0n) is 11.7. The van der Waals surface area contributed by atoms with Crippen LogP contribution in [0.25, 0.3) is 0 Å². The molecule has 0 aromatic carbocycles. The fraction of sp³-hybridized carbons (Fsp3) is 0.786. The number of Topliss-reactive ketones (excluding diaryl/α,β-unsaturated/α-hetero) is 1. The highest BCUT2D eigenvalue weighted by Crippen LogP contribution is 2.44. The Balaban J connectivity index is 1.93. The van der Waals surface area contributed by atoms with Gasteiger partial charge in [-0.05, 0) is 33.6 Å². The van der Waals surface area contributed by atoms with Crippen LogP contribution in [0.1, 0.15) is 40.0 Å². The summed E-state index contributed by atoms with van der Waals surface area (Å²) in [5, 5.41) is 0. The number of carbonyl (C=O) groups is 2. The van der Waals surface area contributed by atoms with Gasteiger partial charge in [0.25, 0.3) is 6.17 Å². The predicted molar refractivity (Wildman–Crippen MR) is 68.3 cm³/mol. The molecule has 1 saturated carbocycles. The lowest BCUT2D eigenvalue weighted by atomic mass is 9.76. The van der Waals surface area contributed by atoms with Crippen LogP contribution < -0.4 is 0 Å². The van der Waals surface area contributed by atoms with Gasteiger partial charge in [0.15, 0.2) is 0 Å². The third kappa shape index (κ3) is 2.85. The number of halogens is 1. The lowest BCUT2D eigenvalue weighted by Gasteiger charge is -2.36. The van der Waals surface area contributed by atoms with E-state index in [2.05, 4.69) is 0 Å². The van der Waals surface area contributed by atoms with E-state index in [0.29, 0.717) is 32.4 Å². The maximum atomic E-state index is 13.3. The average molecular weight is 270 g/mol. The van der Waals surface area contributed by atoms with Crippen LogP contribution in [0.4, 0.5) is 9.18 Å². The van der Waals surface area contributed by atoms with Crippen LogP contribution in [0.3, 0.4) is 0 Å². The van der Waals surface area contributed by atoms with Gasteiger partial charge in [-0.1, -0.05) is 0 Å². The Bertz CT molecular complexity index is 381. The Kier molecular flexibility index (Phi) is 3.49. The van der Waals surface area contributed by atoms with E-state index in [0.717, 1.165) is 0 Å². The van der Waals surface area contributed by atoms with Crippen molar-refractivity contribution in [2.24, 2.45) is 5.41 Å². The molecule has 1 unspecified atom stereocenters. The quantitative estimate of drug-likeness (QED) is 0.635. The van der Waals surface area contributed by atoms with E-state index in [1.807, 2.05) is 20.8 Å². The van der Waals surface area contributed by atoms with Crippen molar-refractivity contribution in [2.45, 2.75) is 51.8 Å². The Morgan fingerprint density at radius 2 is 2.00 bits per heavy atom. The molecule has 1 heterocycles. The molecule has 1 atom stereocenters. The molecule has 1 amide bonds. The number of ketones is 1. The summed E-state index contributed by atoms with van der Waals surface area (Å²) in [7, 11) is 0. The Morgan fingerprint density at radius 3 is 2.42 bits per heavy atom. The molecule has 4 nitrogen and oxygen atoms in total. The van der Waals surface area contributed by atoms with Gasteiger partial charge in [0.2, 0.25) is 5.78 Å². The van der Waals surface area contributed by atoms with Crippen molar-refractivity contribution in [3.63, 3.8) is 0 Å². The predicted octanol–water partition coefficient (Wildman–Crippen LogP) is 2.52. The fourth-order valence-electron chi connectivity index (χ4n) is 2.72. The van der Waals surface area contributed by atoms with Crippen LogP contribution in [0, 0.1) is 11.8 Å². The van der Waals surface area contributed by atoms with Crippen LogP contribution in [0.15, 0.2) is 0 Å². The van der Waals surface area contributed by atoms with Gasteiger partial charge in [-0.25, -0.2) is 4.79 Å². The van der Waals surface area contributed by atoms with E-state index in [4.69, 9.17) is 4.74 Å². The number of rotatable bonds is 0. The van der Waals surface area contributed by atoms with Gasteiger partial charge in [-0.2, -0.15) is 4.39 Å². The molecule has 1 spiro atoms. The van der Waals surface area contributed by atoms with Gasteiger partial charge < -0.3 is 9.64 Å². The van der Waals surface area contributed by atoms with Crippen molar-refractivity contribution >= 4 is 11.9 Å². The van der Waals surface area contributed by atoms with Gasteiger partial charge in [0.05, 0.1) is 5.41 Å². The molecule has 0 bridgehead atoms. The first-order valence-corrected chi connectivity index (χ1v) is 6.73. The summed E-state index contributed by atoms with van der Waals surface area (Å²) in [6, 6.07) is 0. The summed E-state index contributed by atoms with van der Waals surface area (Å²) in [6.45, 7) is 6.38. The fourth-order valence-corrected chi connectivity index (χ4v) is 2.72. The minimum atomic E-state index is -1.42. The van der Waals surface area contributed by atoms with Crippen LogP contribution in [0.2, 0.25) is 0 Å². The Morgan fingerprint density at radius 1 is 1.42 bits per heavy atom. The van der Waals surface area contributed by atoms with Gasteiger partial charge in [0, 0.05) is 13.1 Å². The maximum Gasteiger partial charge on any atom is 0.410 e. The summed E-state index contributed by atoms with van der Waals surface area (Å²) in [6.07, 6.45) is 1.23. The van der Waals surface area contributed by atoms with Crippen molar-refractivity contribution in [3.8, 4) is 0 Å². The van der Waals surface area contributed by atoms with Crippen LogP contribution in [-0.2, 0) is 9.53 Å². The number of hydrogen-bond donors (Lipinski definition) is 0. The monoisotopic (exact) mass is 270 g/mol. The topological polar surface area (TPSA) is 46.6 Å². The van der Waals surface area contributed by atoms with E-state index in [1.165, 1.54) is 6.42 Å². The summed E-state index contributed by atoms with van der Waals surface area (Å²) in [5.41, 5.74) is -1.09. The van der Waals surface area contributed by atoms with Crippen molar-refractivity contribution in [3.05, 3.63) is 6.42 Å². The highest BCUT2D eigenvalue weighted by Gasteiger charge is 2.56. The average Bonchev–Trinajstić information content (AvgIpc) is 2.57. The molecule has 0 radical (unpaired) electrons. The van der Waals surface area contributed by atoms with Gasteiger partial charge >= 0.3 is 6.09 Å². The molecule has 2 aliphatic rings. The standard InChI is InChI=1S/C14H21FNO3/c1-13(2,3)19-12(18)16-8-6-14(7-9-16)5-4-10(15)11(14)17/h4,10H,5-9H2,1-3H3/q+1. The Labute approximate surface area is 113 Å². The first-order valence-electron chi connectivity index (χ1n) is 6.73. The number of likely N-dealkylation sites (tertiary alicyclic amines) is 1. The smallest absolute Gasteiger partial charge is 0.410 e. The van der Waals surface area contributed by atoms with E-state index >= 15 is 0 Å². The molecule has 19 heavy (non-hydrogen) atoms. The summed E-state index contributed by atoms with van der Waals surface area (Å²) >= 11 is 0. The molecule has 0 aromatic rings. The normalized spacial score (nSPS) is 26.4. The minimum Gasteiger partial charge on any atom is -0.444 e. The molecule has 0 N–H and O–H groups in total. The second kappa shape index (κ2) is 4.69. The SMILES string of the molecule is CC(C)(C)OC(=O)N1CCC2(C[CH+]C(F)C2=O)CC1. The van der Waals surface area contributed by atoms with Gasteiger partial charge in [-0.15, -0.1) is 0 Å². The van der Waals surface area contributed by atoms with Crippen LogP contribution >= 0.6 is 0 Å². The van der Waals surface area contributed by atoms with Crippen molar-refractivity contribution in [2.75, 3.05) is 13.1 Å². The zero-order chi connectivity index (χ0) is 14.3. The lowest BCUT2D eigenvalue weighted by molar-refractivity contribution is -0.131. The summed E-state index contributed by atoms with van der Waals surface area (Å²) in [4.78, 5) is 25.4. The lowest BCUT2D eigenvalue weighted by Crippen LogP contribution is -2.47. The highest BCUT2D eigenvalue weighted by molar-refractivity contribution is 5.93. The summed E-state index contributed by atoms with van der Waals surface area (Å²) in [5.74, 6) is -0.309. The molecule has 5 heteroatoms. The van der Waals surface area contributed by atoms with Crippen molar-refractivity contribution in [1.29, 1.82) is 0 Å². The second-order valence-corrected chi connectivity index (χ2v) is 6.45. The first-order chi connectivity index (χ1) is 8.73. The van der Waals surface area contributed by atoms with E-state index in [-0.39, 0.29) is 11.9 Å². The Hall–Kier alpha value is -1.26. The molecule has 1 aliphatic carbocycles. The van der Waals surface area contributed by atoms with Crippen molar-refractivity contribution in [1.82, 2.24) is 4.90 Å². The molecule has 106 valence electrons. The molecule has 2 rings (SSSR count). The molecular formula is C14H21FNO3+. The number of amides is 1. The largest absolute Gasteiger partial charge is 0.444 e. The van der Waals surface area contributed by atoms with Gasteiger partial charge in [-0.3, -0.25) is 4.79 Å². The maximum absolute atomic E-state index is 13.3.